The van der Waals surface area contributed by atoms with E-state index in [1.165, 1.54) is 12.3 Å². The number of carboxylic acids is 2. The Morgan fingerprint density at radius 1 is 1.11 bits per heavy atom. The number of halogens is 3. The summed E-state index contributed by atoms with van der Waals surface area (Å²) in [4.78, 5) is 48.3. The molecule has 2 amide bonds. The summed E-state index contributed by atoms with van der Waals surface area (Å²) in [5.41, 5.74) is 6.81. The number of rotatable bonds is 8. The number of thiocarbonyl (C=S) groups is 1. The first-order chi connectivity index (χ1) is 16.3. The Kier molecular flexibility index (Phi) is 11.0. The zero-order valence-corrected chi connectivity index (χ0v) is 18.5. The number of nitrogens with two attached hydrogens (primary N) is 1. The summed E-state index contributed by atoms with van der Waals surface area (Å²) in [7, 11) is 0. The Balaban J connectivity index is 0.000000762. The number of pyridine rings is 1. The van der Waals surface area contributed by atoms with Gasteiger partial charge in [0.1, 0.15) is 0 Å². The van der Waals surface area contributed by atoms with E-state index < -0.39 is 36.0 Å². The van der Waals surface area contributed by atoms with Gasteiger partial charge in [-0.05, 0) is 42.0 Å². The Morgan fingerprint density at radius 2 is 1.77 bits per heavy atom. The number of aliphatic carboxylic acids is 2. The minimum atomic E-state index is -5.08. The molecule has 1 atom stereocenters. The molecule has 1 unspecified atom stereocenters. The summed E-state index contributed by atoms with van der Waals surface area (Å²) in [5, 5.41) is 24.0. The molecule has 0 radical (unpaired) electrons. The number of benzene rings is 1. The first-order valence-corrected chi connectivity index (χ1v) is 9.86. The molecule has 0 aliphatic carbocycles. The van der Waals surface area contributed by atoms with E-state index in [1.54, 1.807) is 36.5 Å². The van der Waals surface area contributed by atoms with Crippen molar-refractivity contribution in [3.63, 3.8) is 0 Å². The highest BCUT2D eigenvalue weighted by Crippen LogP contribution is 2.15. The fourth-order valence-electron chi connectivity index (χ4n) is 2.40. The van der Waals surface area contributed by atoms with Crippen LogP contribution in [0.25, 0.3) is 0 Å². The predicted octanol–water partition coefficient (Wildman–Crippen LogP) is 1.43. The van der Waals surface area contributed by atoms with E-state index in [0.717, 1.165) is 0 Å². The summed E-state index contributed by atoms with van der Waals surface area (Å²) in [6.45, 7) is -0.317. The molecule has 0 aliphatic rings. The van der Waals surface area contributed by atoms with Crippen LogP contribution >= 0.6 is 12.2 Å². The van der Waals surface area contributed by atoms with Crippen molar-refractivity contribution in [2.75, 3.05) is 11.9 Å². The maximum absolute atomic E-state index is 12.2. The maximum atomic E-state index is 12.2. The lowest BCUT2D eigenvalue weighted by Gasteiger charge is -2.17. The summed E-state index contributed by atoms with van der Waals surface area (Å²) >= 11 is 4.75. The van der Waals surface area contributed by atoms with Crippen molar-refractivity contribution in [3.8, 4) is 0 Å². The third kappa shape index (κ3) is 11.4. The van der Waals surface area contributed by atoms with Gasteiger partial charge >= 0.3 is 18.1 Å². The minimum Gasteiger partial charge on any atom is -0.481 e. The van der Waals surface area contributed by atoms with Crippen LogP contribution in [0.2, 0.25) is 0 Å². The van der Waals surface area contributed by atoms with Crippen LogP contribution < -0.4 is 21.7 Å². The van der Waals surface area contributed by atoms with E-state index in [1.807, 2.05) is 0 Å². The molecule has 188 valence electrons. The second-order valence-corrected chi connectivity index (χ2v) is 7.00. The summed E-state index contributed by atoms with van der Waals surface area (Å²) in [6.07, 6.45) is -2.37. The van der Waals surface area contributed by atoms with Crippen molar-refractivity contribution in [1.82, 2.24) is 15.6 Å². The number of hydrogen-bond acceptors (Lipinski definition) is 6. The van der Waals surface area contributed by atoms with Gasteiger partial charge in [0.25, 0.3) is 5.91 Å². The van der Waals surface area contributed by atoms with E-state index in [-0.39, 0.29) is 18.1 Å². The van der Waals surface area contributed by atoms with Gasteiger partial charge < -0.3 is 31.9 Å². The molecular formula is C20H20F3N5O6S. The SMILES string of the molecule is NC(=S)Nc1cccc(C(=O)NCC(=O)NC(CC(=O)O)c2cccnc2)c1.O=C(O)C(F)(F)F. The standard InChI is InChI=1S/C18H19N5O4S.C2HF3O2/c19-18(28)22-13-5-1-3-11(7-13)17(27)21-10-15(24)23-14(8-16(25)26)12-4-2-6-20-9-12;3-2(4,5)1(6)7/h1-7,9,14H,8,10H2,(H,21,27)(H,23,24)(H,25,26)(H3,19,22,28);(H,6,7). The Bertz CT molecular complexity index is 1070. The number of carbonyl (C=O) groups excluding carboxylic acids is 2. The number of amides is 2. The number of anilines is 1. The van der Waals surface area contributed by atoms with Crippen molar-refractivity contribution in [2.45, 2.75) is 18.6 Å². The van der Waals surface area contributed by atoms with Gasteiger partial charge in [-0.15, -0.1) is 0 Å². The Morgan fingerprint density at radius 3 is 2.29 bits per heavy atom. The molecule has 0 saturated carbocycles. The van der Waals surface area contributed by atoms with E-state index in [2.05, 4.69) is 20.9 Å². The van der Waals surface area contributed by atoms with Crippen molar-refractivity contribution < 1.29 is 42.6 Å². The monoisotopic (exact) mass is 515 g/mol. The van der Waals surface area contributed by atoms with Crippen LogP contribution in [0, 0.1) is 0 Å². The van der Waals surface area contributed by atoms with Gasteiger partial charge in [-0.3, -0.25) is 19.4 Å². The second-order valence-electron chi connectivity index (χ2n) is 6.56. The zero-order valence-electron chi connectivity index (χ0n) is 17.7. The molecule has 0 spiro atoms. The molecule has 1 aromatic carbocycles. The summed E-state index contributed by atoms with van der Waals surface area (Å²) in [5.74, 6) is -4.83. The van der Waals surface area contributed by atoms with Crippen LogP contribution in [0.15, 0.2) is 48.8 Å². The topological polar surface area (TPSA) is 184 Å². The highest BCUT2D eigenvalue weighted by Gasteiger charge is 2.38. The maximum Gasteiger partial charge on any atom is 0.490 e. The molecule has 1 heterocycles. The van der Waals surface area contributed by atoms with Gasteiger partial charge in [0.05, 0.1) is 19.0 Å². The summed E-state index contributed by atoms with van der Waals surface area (Å²) in [6, 6.07) is 8.99. The van der Waals surface area contributed by atoms with Crippen LogP contribution in [-0.4, -0.2) is 56.8 Å². The number of nitrogens with one attached hydrogen (secondary N) is 3. The van der Waals surface area contributed by atoms with Gasteiger partial charge in [-0.25, -0.2) is 4.79 Å². The smallest absolute Gasteiger partial charge is 0.481 e. The first kappa shape index (κ1) is 28.8. The van der Waals surface area contributed by atoms with Crippen molar-refractivity contribution in [2.24, 2.45) is 5.73 Å². The number of hydrogen-bond donors (Lipinski definition) is 6. The van der Waals surface area contributed by atoms with E-state index in [0.29, 0.717) is 16.8 Å². The highest BCUT2D eigenvalue weighted by molar-refractivity contribution is 7.80. The van der Waals surface area contributed by atoms with E-state index >= 15 is 0 Å². The van der Waals surface area contributed by atoms with Gasteiger partial charge in [-0.2, -0.15) is 13.2 Å². The molecule has 0 fully saturated rings. The summed E-state index contributed by atoms with van der Waals surface area (Å²) < 4.78 is 31.7. The van der Waals surface area contributed by atoms with Crippen LogP contribution in [0.4, 0.5) is 18.9 Å². The van der Waals surface area contributed by atoms with Crippen molar-refractivity contribution in [1.29, 1.82) is 0 Å². The molecule has 15 heteroatoms. The average Bonchev–Trinajstić information content (AvgIpc) is 2.77. The Labute approximate surface area is 201 Å². The normalized spacial score (nSPS) is 11.2. The molecule has 0 bridgehead atoms. The molecular weight excluding hydrogens is 495 g/mol. The number of nitrogens with zero attached hydrogens (tertiary/aromatic N) is 1. The lowest BCUT2D eigenvalue weighted by atomic mass is 10.1. The van der Waals surface area contributed by atoms with E-state index in [9.17, 15) is 27.6 Å². The molecule has 1 aromatic heterocycles. The number of carbonyl (C=O) groups is 4. The minimum absolute atomic E-state index is 0.0665. The highest BCUT2D eigenvalue weighted by atomic mass is 32.1. The molecule has 2 rings (SSSR count). The fraction of sp³-hybridized carbons (Fsp3) is 0.200. The third-order valence-electron chi connectivity index (χ3n) is 3.85. The molecule has 35 heavy (non-hydrogen) atoms. The van der Waals surface area contributed by atoms with Crippen LogP contribution in [0.1, 0.15) is 28.4 Å². The van der Waals surface area contributed by atoms with Crippen LogP contribution in [-0.2, 0) is 14.4 Å². The molecule has 7 N–H and O–H groups in total. The molecule has 0 saturated heterocycles. The van der Waals surface area contributed by atoms with E-state index in [4.69, 9.17) is 33.0 Å². The number of alkyl halides is 3. The number of aromatic nitrogens is 1. The van der Waals surface area contributed by atoms with Crippen LogP contribution in [0.5, 0.6) is 0 Å². The van der Waals surface area contributed by atoms with Crippen molar-refractivity contribution in [3.05, 3.63) is 59.9 Å². The third-order valence-corrected chi connectivity index (χ3v) is 3.95. The fourth-order valence-corrected chi connectivity index (χ4v) is 2.52. The molecule has 11 nitrogen and oxygen atoms in total. The largest absolute Gasteiger partial charge is 0.490 e. The van der Waals surface area contributed by atoms with Crippen LogP contribution in [0.3, 0.4) is 0 Å². The number of carboxylic acid groups (broad SMARTS) is 2. The average molecular weight is 515 g/mol. The lowest BCUT2D eigenvalue weighted by Crippen LogP contribution is -2.39. The second kappa shape index (κ2) is 13.4. The van der Waals surface area contributed by atoms with Gasteiger partial charge in [0, 0.05) is 23.6 Å². The molecule has 0 aliphatic heterocycles. The predicted molar refractivity (Wildman–Crippen MR) is 120 cm³/mol. The Hall–Kier alpha value is -4.27. The van der Waals surface area contributed by atoms with Gasteiger partial charge in [-0.1, -0.05) is 12.1 Å². The quantitative estimate of drug-likeness (QED) is 0.281. The van der Waals surface area contributed by atoms with Crippen molar-refractivity contribution >= 4 is 46.8 Å². The van der Waals surface area contributed by atoms with Gasteiger partial charge in [0.15, 0.2) is 5.11 Å². The lowest BCUT2D eigenvalue weighted by molar-refractivity contribution is -0.192. The van der Waals surface area contributed by atoms with Gasteiger partial charge in [0.2, 0.25) is 5.91 Å². The first-order valence-electron chi connectivity index (χ1n) is 9.45. The zero-order chi connectivity index (χ0) is 26.6. The molecule has 2 aromatic rings.